The molecule has 1 saturated heterocycles. The van der Waals surface area contributed by atoms with Crippen molar-refractivity contribution in [1.82, 2.24) is 30.1 Å². The fourth-order valence-corrected chi connectivity index (χ4v) is 4.63. The predicted molar refractivity (Wildman–Crippen MR) is 151 cm³/mol. The zero-order valence-corrected chi connectivity index (χ0v) is 23.1. The predicted octanol–water partition coefficient (Wildman–Crippen LogP) is 3.32. The van der Waals surface area contributed by atoms with Gasteiger partial charge in [0, 0.05) is 49.5 Å². The number of amides is 2. The Morgan fingerprint density at radius 1 is 1.12 bits per heavy atom. The lowest BCUT2D eigenvalue weighted by molar-refractivity contribution is 0.208. The summed E-state index contributed by atoms with van der Waals surface area (Å²) in [6.07, 6.45) is 3.01. The number of methoxy groups -OCH3 is 1. The van der Waals surface area contributed by atoms with Crippen molar-refractivity contribution >= 4 is 28.3 Å². The van der Waals surface area contributed by atoms with Gasteiger partial charge in [0.05, 0.1) is 36.5 Å². The maximum Gasteiger partial charge on any atom is 0.321 e. The fraction of sp³-hybridized carbons (Fsp3) is 0.357. The number of carbonyl (C=O) groups excluding carboxylic acids is 1. The van der Waals surface area contributed by atoms with Crippen molar-refractivity contribution in [3.8, 4) is 23.3 Å². The van der Waals surface area contributed by atoms with E-state index in [0.717, 1.165) is 16.8 Å². The molecule has 0 radical (unpaired) electrons. The van der Waals surface area contributed by atoms with E-state index in [9.17, 15) is 10.1 Å². The van der Waals surface area contributed by atoms with Crippen LogP contribution >= 0.6 is 0 Å². The Morgan fingerprint density at radius 2 is 1.90 bits per heavy atom. The lowest BCUT2D eigenvalue weighted by atomic mass is 10.1. The van der Waals surface area contributed by atoms with E-state index < -0.39 is 0 Å². The number of piperazine rings is 1. The second-order valence-corrected chi connectivity index (χ2v) is 9.63. The molecule has 2 aromatic heterocycles. The molecule has 0 spiro atoms. The Hall–Kier alpha value is -5.12. The first kappa shape index (κ1) is 27.4. The highest BCUT2D eigenvalue weighted by Gasteiger charge is 2.25. The van der Waals surface area contributed by atoms with Crippen molar-refractivity contribution in [2.75, 3.05) is 50.1 Å². The monoisotopic (exact) mass is 557 g/mol. The van der Waals surface area contributed by atoms with Gasteiger partial charge in [0.15, 0.2) is 17.8 Å². The van der Waals surface area contributed by atoms with E-state index in [1.807, 2.05) is 44.2 Å². The van der Waals surface area contributed by atoms with Crippen molar-refractivity contribution in [3.63, 3.8) is 0 Å². The fourth-order valence-electron chi connectivity index (χ4n) is 4.63. The highest BCUT2D eigenvalue weighted by atomic mass is 16.5. The van der Waals surface area contributed by atoms with E-state index in [2.05, 4.69) is 36.7 Å². The van der Waals surface area contributed by atoms with E-state index in [0.29, 0.717) is 67.6 Å². The SMILES string of the molecule is COc1cc2c(N3CCN(C(=O)Nc4ccc(OC(C)C)cc4)CC3)c(C#N)cnc2cc1OCCn1ncnn1. The summed E-state index contributed by atoms with van der Waals surface area (Å²) in [6.45, 7) is 6.74. The number of benzene rings is 2. The molecule has 13 heteroatoms. The average Bonchev–Trinajstić information content (AvgIpc) is 3.50. The van der Waals surface area contributed by atoms with Gasteiger partial charge in [0.25, 0.3) is 0 Å². The number of anilines is 2. The second-order valence-electron chi connectivity index (χ2n) is 9.63. The van der Waals surface area contributed by atoms with Crippen LogP contribution in [0.15, 0.2) is 48.9 Å². The molecule has 2 amide bonds. The van der Waals surface area contributed by atoms with Gasteiger partial charge >= 0.3 is 6.03 Å². The number of hydrogen-bond donors (Lipinski definition) is 1. The van der Waals surface area contributed by atoms with Crippen LogP contribution in [0.1, 0.15) is 19.4 Å². The number of fused-ring (bicyclic) bond motifs is 1. The Bertz CT molecular complexity index is 1530. The van der Waals surface area contributed by atoms with Crippen LogP contribution in [0.5, 0.6) is 17.2 Å². The summed E-state index contributed by atoms with van der Waals surface area (Å²) < 4.78 is 17.2. The zero-order valence-electron chi connectivity index (χ0n) is 23.1. The largest absolute Gasteiger partial charge is 0.493 e. The standard InChI is InChI=1S/C28H31N9O4/c1-19(2)41-22-6-4-21(5-7-22)33-28(38)36-10-8-35(9-11-36)27-20(16-29)17-30-24-15-26(25(39-3)14-23(24)27)40-13-12-37-32-18-31-34-37/h4-7,14-15,17-19H,8-13H2,1-3H3,(H,33,38). The van der Waals surface area contributed by atoms with Crippen LogP contribution in [-0.2, 0) is 6.54 Å². The van der Waals surface area contributed by atoms with Gasteiger partial charge in [-0.2, -0.15) is 10.1 Å². The molecule has 0 bridgehead atoms. The summed E-state index contributed by atoms with van der Waals surface area (Å²) in [5.74, 6) is 1.79. The van der Waals surface area contributed by atoms with Crippen molar-refractivity contribution in [1.29, 1.82) is 5.26 Å². The van der Waals surface area contributed by atoms with Gasteiger partial charge in [-0.25, -0.2) is 4.79 Å². The van der Waals surface area contributed by atoms with E-state index in [1.54, 1.807) is 24.3 Å². The number of nitriles is 1. The van der Waals surface area contributed by atoms with E-state index in [4.69, 9.17) is 14.2 Å². The van der Waals surface area contributed by atoms with Crippen molar-refractivity contribution < 1.29 is 19.0 Å². The summed E-state index contributed by atoms with van der Waals surface area (Å²) >= 11 is 0. The lowest BCUT2D eigenvalue weighted by Gasteiger charge is -2.37. The second kappa shape index (κ2) is 12.4. The van der Waals surface area contributed by atoms with Crippen LogP contribution < -0.4 is 24.4 Å². The molecule has 0 unspecified atom stereocenters. The zero-order chi connectivity index (χ0) is 28.8. The minimum atomic E-state index is -0.174. The first-order valence-electron chi connectivity index (χ1n) is 13.3. The summed E-state index contributed by atoms with van der Waals surface area (Å²) in [5, 5.41) is 25.1. The lowest BCUT2D eigenvalue weighted by Crippen LogP contribution is -2.50. The summed E-state index contributed by atoms with van der Waals surface area (Å²) in [6, 6.07) is 13.1. The molecule has 0 aliphatic carbocycles. The van der Waals surface area contributed by atoms with Gasteiger partial charge in [0.2, 0.25) is 0 Å². The summed E-state index contributed by atoms with van der Waals surface area (Å²) in [5.41, 5.74) is 2.57. The minimum absolute atomic E-state index is 0.0797. The van der Waals surface area contributed by atoms with Crippen LogP contribution in [0.4, 0.5) is 16.2 Å². The number of pyridine rings is 1. The molecule has 0 atom stereocenters. The van der Waals surface area contributed by atoms with Gasteiger partial charge < -0.3 is 29.3 Å². The average molecular weight is 558 g/mol. The number of hydrogen-bond acceptors (Lipinski definition) is 10. The maximum absolute atomic E-state index is 13.0. The quantitative estimate of drug-likeness (QED) is 0.325. The van der Waals surface area contributed by atoms with Gasteiger partial charge in [-0.15, -0.1) is 10.2 Å². The molecule has 4 aromatic rings. The van der Waals surface area contributed by atoms with Gasteiger partial charge in [-0.3, -0.25) is 4.98 Å². The van der Waals surface area contributed by atoms with E-state index in [-0.39, 0.29) is 12.1 Å². The third-order valence-electron chi connectivity index (χ3n) is 6.55. The van der Waals surface area contributed by atoms with Crippen molar-refractivity contribution in [2.45, 2.75) is 26.5 Å². The first-order chi connectivity index (χ1) is 19.9. The van der Waals surface area contributed by atoms with Gasteiger partial charge in [-0.1, -0.05) is 0 Å². The minimum Gasteiger partial charge on any atom is -0.493 e. The van der Waals surface area contributed by atoms with Gasteiger partial charge in [-0.05, 0) is 49.4 Å². The summed E-state index contributed by atoms with van der Waals surface area (Å²) in [7, 11) is 1.57. The molecule has 41 heavy (non-hydrogen) atoms. The molecule has 212 valence electrons. The number of nitrogens with one attached hydrogen (secondary N) is 1. The number of tetrazole rings is 1. The molecule has 5 rings (SSSR count). The maximum atomic E-state index is 13.0. The molecule has 0 saturated carbocycles. The third kappa shape index (κ3) is 6.38. The number of nitrogens with zero attached hydrogens (tertiary/aromatic N) is 8. The molecule has 1 aliphatic rings. The topological polar surface area (TPSA) is 144 Å². The molecule has 1 N–H and O–H groups in total. The Kier molecular flexibility index (Phi) is 8.28. The first-order valence-corrected chi connectivity index (χ1v) is 13.3. The van der Waals surface area contributed by atoms with E-state index in [1.165, 1.54) is 11.1 Å². The molecular formula is C28H31N9O4. The normalized spacial score (nSPS) is 13.2. The Morgan fingerprint density at radius 3 is 2.56 bits per heavy atom. The van der Waals surface area contributed by atoms with Crippen molar-refractivity contribution in [3.05, 3.63) is 54.5 Å². The molecule has 2 aromatic carbocycles. The smallest absolute Gasteiger partial charge is 0.321 e. The Balaban J connectivity index is 1.28. The number of carbonyl (C=O) groups is 1. The molecule has 1 fully saturated rings. The number of ether oxygens (including phenoxy) is 3. The van der Waals surface area contributed by atoms with Crippen LogP contribution in [0.25, 0.3) is 10.9 Å². The van der Waals surface area contributed by atoms with Crippen LogP contribution in [0.3, 0.4) is 0 Å². The molecule has 3 heterocycles. The third-order valence-corrected chi connectivity index (χ3v) is 6.55. The molecule has 1 aliphatic heterocycles. The molecule has 13 nitrogen and oxygen atoms in total. The van der Waals surface area contributed by atoms with E-state index >= 15 is 0 Å². The number of aromatic nitrogens is 5. The molecular weight excluding hydrogens is 526 g/mol. The highest BCUT2D eigenvalue weighted by molar-refractivity contribution is 5.97. The number of urea groups is 1. The van der Waals surface area contributed by atoms with Crippen LogP contribution in [0, 0.1) is 11.3 Å². The van der Waals surface area contributed by atoms with Crippen LogP contribution in [0.2, 0.25) is 0 Å². The van der Waals surface area contributed by atoms with Crippen LogP contribution in [-0.4, -0.2) is 82.1 Å². The summed E-state index contributed by atoms with van der Waals surface area (Å²) in [4.78, 5) is 22.8. The van der Waals surface area contributed by atoms with Gasteiger partial charge in [0.1, 0.15) is 18.4 Å². The Labute approximate surface area is 237 Å². The highest BCUT2D eigenvalue weighted by Crippen LogP contribution is 2.38. The van der Waals surface area contributed by atoms with Crippen molar-refractivity contribution in [2.24, 2.45) is 0 Å². The number of rotatable bonds is 9.